The van der Waals surface area contributed by atoms with Gasteiger partial charge in [-0.2, -0.15) is 0 Å². The van der Waals surface area contributed by atoms with Crippen LogP contribution in [-0.4, -0.2) is 29.2 Å². The molecular weight excluding hydrogens is 470 g/mol. The summed E-state index contributed by atoms with van der Waals surface area (Å²) in [7, 11) is 0. The molecule has 3 aromatic carbocycles. The van der Waals surface area contributed by atoms with Gasteiger partial charge in [0.25, 0.3) is 11.1 Å². The highest BCUT2D eigenvalue weighted by molar-refractivity contribution is 8.18. The molecule has 1 fully saturated rings. The summed E-state index contributed by atoms with van der Waals surface area (Å²) in [5.41, 5.74) is 3.82. The van der Waals surface area contributed by atoms with Gasteiger partial charge in [-0.1, -0.05) is 66.7 Å². The number of carbonyl (C=O) groups is 2. The first-order chi connectivity index (χ1) is 17.6. The van der Waals surface area contributed by atoms with E-state index in [1.54, 1.807) is 6.08 Å². The monoisotopic (exact) mass is 499 g/mol. The van der Waals surface area contributed by atoms with Crippen LogP contribution in [0.3, 0.4) is 0 Å². The molecule has 0 saturated carbocycles. The van der Waals surface area contributed by atoms with Crippen molar-refractivity contribution in [2.45, 2.75) is 26.4 Å². The summed E-state index contributed by atoms with van der Waals surface area (Å²) < 4.78 is 12.1. The second kappa shape index (κ2) is 12.3. The minimum atomic E-state index is -0.270. The Morgan fingerprint density at radius 3 is 2.31 bits per heavy atom. The average Bonchev–Trinajstić information content (AvgIpc) is 3.15. The van der Waals surface area contributed by atoms with Gasteiger partial charge in [-0.3, -0.25) is 14.5 Å². The fourth-order valence-electron chi connectivity index (χ4n) is 3.96. The van der Waals surface area contributed by atoms with Gasteiger partial charge in [0, 0.05) is 12.1 Å². The van der Waals surface area contributed by atoms with Crippen molar-refractivity contribution in [1.82, 2.24) is 4.90 Å². The summed E-state index contributed by atoms with van der Waals surface area (Å²) in [5.74, 6) is 0.990. The van der Waals surface area contributed by atoms with Crippen molar-refractivity contribution in [2.75, 3.05) is 13.2 Å². The van der Waals surface area contributed by atoms with Crippen molar-refractivity contribution in [3.63, 3.8) is 0 Å². The normalized spacial score (nSPS) is 14.4. The van der Waals surface area contributed by atoms with Gasteiger partial charge in [-0.15, -0.1) is 6.58 Å². The summed E-state index contributed by atoms with van der Waals surface area (Å²) in [6, 6.07) is 23.6. The number of hydrogen-bond acceptors (Lipinski definition) is 5. The van der Waals surface area contributed by atoms with E-state index in [-0.39, 0.29) is 11.1 Å². The van der Waals surface area contributed by atoms with Crippen molar-refractivity contribution in [3.8, 4) is 11.5 Å². The van der Waals surface area contributed by atoms with E-state index in [1.807, 2.05) is 85.8 Å². The van der Waals surface area contributed by atoms with Crippen molar-refractivity contribution >= 4 is 29.0 Å². The zero-order valence-corrected chi connectivity index (χ0v) is 21.1. The Morgan fingerprint density at radius 1 is 0.944 bits per heavy atom. The number of rotatable bonds is 11. The number of nitrogens with zero attached hydrogens (tertiary/aromatic N) is 1. The molecule has 2 amide bonds. The Kier molecular flexibility index (Phi) is 8.63. The quantitative estimate of drug-likeness (QED) is 0.218. The molecule has 1 heterocycles. The third-order valence-corrected chi connectivity index (χ3v) is 6.59. The molecule has 0 unspecified atom stereocenters. The molecule has 0 spiro atoms. The van der Waals surface area contributed by atoms with Crippen LogP contribution in [0.15, 0.2) is 90.4 Å². The van der Waals surface area contributed by atoms with Gasteiger partial charge in [0.05, 0.1) is 11.5 Å². The van der Waals surface area contributed by atoms with Crippen LogP contribution in [0.4, 0.5) is 4.79 Å². The number of carbonyl (C=O) groups excluding carboxylic acids is 2. The van der Waals surface area contributed by atoms with E-state index in [9.17, 15) is 9.59 Å². The van der Waals surface area contributed by atoms with Gasteiger partial charge in [0.15, 0.2) is 11.5 Å². The van der Waals surface area contributed by atoms with Crippen LogP contribution in [0.2, 0.25) is 0 Å². The van der Waals surface area contributed by atoms with E-state index in [0.29, 0.717) is 49.0 Å². The van der Waals surface area contributed by atoms with Crippen LogP contribution in [0.25, 0.3) is 6.08 Å². The number of allylic oxidation sites excluding steroid dienone is 1. The van der Waals surface area contributed by atoms with E-state index >= 15 is 0 Å². The topological polar surface area (TPSA) is 55.8 Å². The number of imide groups is 1. The third kappa shape index (κ3) is 6.26. The Balaban J connectivity index is 1.57. The zero-order chi connectivity index (χ0) is 25.3. The maximum Gasteiger partial charge on any atom is 0.293 e. The van der Waals surface area contributed by atoms with E-state index < -0.39 is 0 Å². The maximum atomic E-state index is 13.0. The van der Waals surface area contributed by atoms with Gasteiger partial charge >= 0.3 is 0 Å². The highest BCUT2D eigenvalue weighted by Gasteiger charge is 2.34. The lowest BCUT2D eigenvalue weighted by Gasteiger charge is -2.17. The summed E-state index contributed by atoms with van der Waals surface area (Å²) in [6.07, 6.45) is 4.76. The number of ether oxygens (including phenoxy) is 2. The fraction of sp³-hybridized carbons (Fsp3) is 0.200. The van der Waals surface area contributed by atoms with E-state index in [4.69, 9.17) is 9.47 Å². The molecule has 36 heavy (non-hydrogen) atoms. The maximum absolute atomic E-state index is 13.0. The number of benzene rings is 3. The molecule has 0 aliphatic carbocycles. The van der Waals surface area contributed by atoms with E-state index in [2.05, 4.69) is 6.58 Å². The van der Waals surface area contributed by atoms with Crippen molar-refractivity contribution in [3.05, 3.63) is 113 Å². The summed E-state index contributed by atoms with van der Waals surface area (Å²) in [6.45, 7) is 7.02. The molecule has 1 saturated heterocycles. The second-order valence-corrected chi connectivity index (χ2v) is 9.27. The molecule has 0 N–H and O–H groups in total. The molecule has 5 nitrogen and oxygen atoms in total. The molecule has 184 valence electrons. The zero-order valence-electron chi connectivity index (χ0n) is 20.3. The molecule has 6 heteroatoms. The highest BCUT2D eigenvalue weighted by Crippen LogP contribution is 2.37. The van der Waals surface area contributed by atoms with E-state index in [1.165, 1.54) is 4.90 Å². The summed E-state index contributed by atoms with van der Waals surface area (Å²) in [5, 5.41) is -0.249. The van der Waals surface area contributed by atoms with Gasteiger partial charge < -0.3 is 9.47 Å². The number of amides is 2. The minimum Gasteiger partial charge on any atom is -0.490 e. The van der Waals surface area contributed by atoms with Gasteiger partial charge in [0.2, 0.25) is 0 Å². The molecule has 3 aromatic rings. The van der Waals surface area contributed by atoms with Crippen molar-refractivity contribution in [2.24, 2.45) is 0 Å². The van der Waals surface area contributed by atoms with Crippen LogP contribution in [0, 0.1) is 0 Å². The first kappa shape index (κ1) is 25.3. The van der Waals surface area contributed by atoms with Crippen LogP contribution < -0.4 is 9.47 Å². The Bertz CT molecular complexity index is 1250. The fourth-order valence-corrected chi connectivity index (χ4v) is 4.83. The van der Waals surface area contributed by atoms with Crippen LogP contribution >= 0.6 is 11.8 Å². The molecule has 1 aliphatic rings. The molecule has 1 aliphatic heterocycles. The molecule has 0 aromatic heterocycles. The Hall–Kier alpha value is -3.77. The first-order valence-electron chi connectivity index (χ1n) is 12.0. The predicted octanol–water partition coefficient (Wildman–Crippen LogP) is 6.67. The van der Waals surface area contributed by atoms with E-state index in [0.717, 1.165) is 34.0 Å². The summed E-state index contributed by atoms with van der Waals surface area (Å²) in [4.78, 5) is 27.3. The number of thioether (sulfide) groups is 1. The largest absolute Gasteiger partial charge is 0.490 e. The molecular formula is C30H29NO4S. The van der Waals surface area contributed by atoms with Crippen molar-refractivity contribution < 1.29 is 19.1 Å². The highest BCUT2D eigenvalue weighted by atomic mass is 32.2. The van der Waals surface area contributed by atoms with Crippen LogP contribution in [0.1, 0.15) is 29.2 Å². The van der Waals surface area contributed by atoms with Crippen LogP contribution in [0.5, 0.6) is 11.5 Å². The third-order valence-electron chi connectivity index (χ3n) is 5.68. The lowest BCUT2D eigenvalue weighted by atomic mass is 10.0. The SMILES string of the molecule is C=CCc1cc(/C=C2\SC(=O)N(CCc3ccccc3)C2=O)cc(OCC)c1OCc1ccccc1. The lowest BCUT2D eigenvalue weighted by molar-refractivity contribution is -0.122. The van der Waals surface area contributed by atoms with Gasteiger partial charge in [0.1, 0.15) is 6.61 Å². The van der Waals surface area contributed by atoms with Crippen molar-refractivity contribution in [1.29, 1.82) is 0 Å². The molecule has 0 atom stereocenters. The second-order valence-electron chi connectivity index (χ2n) is 8.28. The van der Waals surface area contributed by atoms with Crippen LogP contribution in [-0.2, 0) is 24.2 Å². The summed E-state index contributed by atoms with van der Waals surface area (Å²) >= 11 is 0.968. The lowest BCUT2D eigenvalue weighted by Crippen LogP contribution is -2.30. The predicted molar refractivity (Wildman–Crippen MR) is 145 cm³/mol. The molecule has 0 bridgehead atoms. The Morgan fingerprint density at radius 2 is 1.64 bits per heavy atom. The Labute approximate surface area is 216 Å². The standard InChI is InChI=1S/C30H29NO4S/c1-3-11-25-18-24(19-26(34-4-2)28(25)35-21-23-14-9-6-10-15-23)20-27-29(32)31(30(33)36-27)17-16-22-12-7-5-8-13-22/h3,5-10,12-15,18-20H,1,4,11,16-17,21H2,2H3/b27-20-. The first-order valence-corrected chi connectivity index (χ1v) is 12.8. The average molecular weight is 500 g/mol. The number of hydrogen-bond donors (Lipinski definition) is 0. The van der Waals surface area contributed by atoms with Gasteiger partial charge in [-0.05, 0) is 66.4 Å². The van der Waals surface area contributed by atoms with Gasteiger partial charge in [-0.25, -0.2) is 0 Å². The minimum absolute atomic E-state index is 0.249. The molecule has 4 rings (SSSR count). The molecule has 0 radical (unpaired) electrons. The smallest absolute Gasteiger partial charge is 0.293 e.